The van der Waals surface area contributed by atoms with Gasteiger partial charge in [-0.15, -0.1) is 0 Å². The molecule has 0 unspecified atom stereocenters. The van der Waals surface area contributed by atoms with Gasteiger partial charge in [-0.3, -0.25) is 4.79 Å². The number of rotatable bonds is 19. The van der Waals surface area contributed by atoms with Crippen LogP contribution in [0.5, 0.6) is 5.75 Å². The zero-order valence-corrected chi connectivity index (χ0v) is 55.3. The van der Waals surface area contributed by atoms with E-state index in [4.69, 9.17) is 11.3 Å². The van der Waals surface area contributed by atoms with Gasteiger partial charge in [0.1, 0.15) is 5.75 Å². The van der Waals surface area contributed by atoms with Crippen molar-refractivity contribution in [3.05, 3.63) is 219 Å². The highest BCUT2D eigenvalue weighted by molar-refractivity contribution is 5.84. The molecule has 0 saturated heterocycles. The van der Waals surface area contributed by atoms with E-state index in [2.05, 4.69) is 154 Å². The molecule has 10 aliphatic rings. The van der Waals surface area contributed by atoms with E-state index in [1.165, 1.54) is 87.1 Å². The molecule has 0 aromatic heterocycles. The number of aliphatic hydroxyl groups is 2. The Bertz CT molecular complexity index is 3890. The molecular formula is C86H100O6. The van der Waals surface area contributed by atoms with Crippen molar-refractivity contribution in [2.45, 2.75) is 174 Å². The molecule has 4 saturated carbocycles. The van der Waals surface area contributed by atoms with Gasteiger partial charge in [-0.2, -0.15) is 0 Å². The minimum Gasteiger partial charge on any atom is -0.508 e. The highest BCUT2D eigenvalue weighted by atomic mass is 16.5. The van der Waals surface area contributed by atoms with Crippen molar-refractivity contribution in [3.63, 3.8) is 0 Å². The Morgan fingerprint density at radius 1 is 0.761 bits per heavy atom. The van der Waals surface area contributed by atoms with Gasteiger partial charge in [-0.1, -0.05) is 209 Å². The topological polar surface area (TPSA) is 107 Å². The average molecular weight is 1230 g/mol. The number of hydrogen-bond acceptors (Lipinski definition) is 5. The molecule has 14 atom stereocenters. The van der Waals surface area contributed by atoms with Crippen LogP contribution in [0.15, 0.2) is 187 Å². The number of allylic oxidation sites excluding steroid dienone is 9. The van der Waals surface area contributed by atoms with Crippen LogP contribution in [0, 0.1) is 80.3 Å². The minimum atomic E-state index is -0.770. The lowest BCUT2D eigenvalue weighted by Crippen LogP contribution is -2.71. The van der Waals surface area contributed by atoms with E-state index in [0.717, 1.165) is 88.2 Å². The lowest BCUT2D eigenvalue weighted by molar-refractivity contribution is -0.182. The SMILES string of the molecule is C=C(CC[C@@H](C(=O)O)[C@H]1[C@H](O)C[C@@]2(C3CCC([C@@H](CCc4ccccc4)c4ccc(CCOC)cc4)CC3)C3=C(CC[C@]12C)[C@@]12[C@H]4C5=C[C@]6(C=CC[C@](C)([C@@H](O)C[C@H]1C=CC4=c1ccccc1=C5Cc1cccc(-c4ccc(O)cc4)c1)[C@H]62)C3)[C@@H](C)C1CCCCC1. The summed E-state index contributed by atoms with van der Waals surface area (Å²) in [5.74, 6) is 0.768. The molecule has 4 N–H and O–H groups in total. The van der Waals surface area contributed by atoms with Gasteiger partial charge in [-0.05, 0) is 235 Å². The molecule has 6 heteroatoms. The van der Waals surface area contributed by atoms with Crippen LogP contribution < -0.4 is 10.4 Å². The van der Waals surface area contributed by atoms with E-state index in [-0.39, 0.29) is 40.3 Å². The van der Waals surface area contributed by atoms with Crippen molar-refractivity contribution < 1.29 is 30.0 Å². The molecule has 0 aliphatic heterocycles. The summed E-state index contributed by atoms with van der Waals surface area (Å²) in [5.41, 5.74) is 14.2. The van der Waals surface area contributed by atoms with Crippen LogP contribution in [0.25, 0.3) is 22.3 Å². The highest BCUT2D eigenvalue weighted by Crippen LogP contribution is 2.84. The fraction of sp³-hybridized carbons (Fsp3) is 0.500. The Balaban J connectivity index is 0.881. The number of hydrogen-bond donors (Lipinski definition) is 4. The predicted molar refractivity (Wildman–Crippen MR) is 371 cm³/mol. The van der Waals surface area contributed by atoms with E-state index in [9.17, 15) is 25.2 Å². The zero-order valence-electron chi connectivity index (χ0n) is 55.3. The molecule has 15 rings (SSSR count). The van der Waals surface area contributed by atoms with Gasteiger partial charge in [0.15, 0.2) is 0 Å². The maximum atomic E-state index is 14.5. The molecule has 0 heterocycles. The van der Waals surface area contributed by atoms with Crippen LogP contribution in [0.1, 0.15) is 165 Å². The first-order chi connectivity index (χ1) is 44.6. The minimum absolute atomic E-state index is 0.0545. The van der Waals surface area contributed by atoms with Crippen molar-refractivity contribution in [2.24, 2.45) is 80.3 Å². The Morgan fingerprint density at radius 2 is 1.49 bits per heavy atom. The van der Waals surface area contributed by atoms with Gasteiger partial charge >= 0.3 is 5.97 Å². The van der Waals surface area contributed by atoms with Crippen LogP contribution in [-0.4, -0.2) is 52.3 Å². The molecule has 10 aliphatic carbocycles. The van der Waals surface area contributed by atoms with Gasteiger partial charge in [0.25, 0.3) is 0 Å². The summed E-state index contributed by atoms with van der Waals surface area (Å²) in [6, 6.07) is 46.4. The molecule has 0 amide bonds. The van der Waals surface area contributed by atoms with Gasteiger partial charge in [0, 0.05) is 40.6 Å². The fourth-order valence-corrected chi connectivity index (χ4v) is 23.6. The number of carboxylic acids is 1. The summed E-state index contributed by atoms with van der Waals surface area (Å²) in [5, 5.41) is 51.5. The Labute approximate surface area is 548 Å². The summed E-state index contributed by atoms with van der Waals surface area (Å²) in [6.07, 6.45) is 32.0. The van der Waals surface area contributed by atoms with Crippen LogP contribution >= 0.6 is 0 Å². The number of aliphatic hydroxyl groups excluding tert-OH is 2. The fourth-order valence-electron chi connectivity index (χ4n) is 23.6. The summed E-state index contributed by atoms with van der Waals surface area (Å²) in [6.45, 7) is 12.8. The normalized spacial score (nSPS) is 34.2. The first-order valence-electron chi connectivity index (χ1n) is 36.0. The van der Waals surface area contributed by atoms with Gasteiger partial charge in [0.05, 0.1) is 24.7 Å². The maximum Gasteiger partial charge on any atom is 0.306 e. The van der Waals surface area contributed by atoms with E-state index < -0.39 is 46.3 Å². The monoisotopic (exact) mass is 1230 g/mol. The van der Waals surface area contributed by atoms with Crippen LogP contribution in [0.4, 0.5) is 0 Å². The van der Waals surface area contributed by atoms with Gasteiger partial charge in [0.2, 0.25) is 0 Å². The first-order valence-corrected chi connectivity index (χ1v) is 36.0. The third kappa shape index (κ3) is 9.80. The largest absolute Gasteiger partial charge is 0.508 e. The first kappa shape index (κ1) is 61.8. The van der Waals surface area contributed by atoms with Gasteiger partial charge in [-0.25, -0.2) is 0 Å². The highest BCUT2D eigenvalue weighted by Gasteiger charge is 2.78. The Hall–Kier alpha value is -6.31. The van der Waals surface area contributed by atoms with Gasteiger partial charge < -0.3 is 25.2 Å². The quantitative estimate of drug-likeness (QED) is 0.0614. The molecule has 5 aromatic rings. The van der Waals surface area contributed by atoms with Crippen LogP contribution in [0.3, 0.4) is 0 Å². The van der Waals surface area contributed by atoms with Crippen molar-refractivity contribution in [2.75, 3.05) is 13.7 Å². The van der Waals surface area contributed by atoms with Crippen molar-refractivity contribution in [1.82, 2.24) is 0 Å². The zero-order chi connectivity index (χ0) is 63.3. The van der Waals surface area contributed by atoms with E-state index in [0.29, 0.717) is 56.0 Å². The summed E-state index contributed by atoms with van der Waals surface area (Å²) in [4.78, 5) is 14.5. The average Bonchev–Trinajstić information content (AvgIpc) is 0.877. The maximum absolute atomic E-state index is 14.5. The van der Waals surface area contributed by atoms with E-state index >= 15 is 0 Å². The van der Waals surface area contributed by atoms with Crippen molar-refractivity contribution in [1.29, 1.82) is 0 Å². The summed E-state index contributed by atoms with van der Waals surface area (Å²) >= 11 is 0. The Kier molecular flexibility index (Phi) is 16.2. The van der Waals surface area contributed by atoms with Crippen LogP contribution in [-0.2, 0) is 28.8 Å². The van der Waals surface area contributed by atoms with Crippen molar-refractivity contribution in [3.8, 4) is 16.9 Å². The molecule has 480 valence electrons. The molecular weight excluding hydrogens is 1130 g/mol. The second-order valence-corrected chi connectivity index (χ2v) is 31.6. The third-order valence-corrected chi connectivity index (χ3v) is 27.6. The number of carbonyl (C=O) groups is 1. The summed E-state index contributed by atoms with van der Waals surface area (Å²) < 4.78 is 5.51. The summed E-state index contributed by atoms with van der Waals surface area (Å²) in [7, 11) is 1.78. The Morgan fingerprint density at radius 3 is 2.24 bits per heavy atom. The second-order valence-electron chi connectivity index (χ2n) is 31.6. The lowest BCUT2D eigenvalue weighted by Gasteiger charge is -2.75. The number of aromatic hydroxyl groups is 1. The standard InChI is InChI=1S/C86H100O6/c1-54(55(2)59-19-10-7-11-20-59)24-39-71(80(90)91)79-76(88)53-85(64-34-30-62(31-35-64)67(40-27-56-16-8-6-9-17-56)61-28-25-57(26-29-61)43-47-92-5)75-52-84-45-15-44-82(3)77(89)50-65-36-41-70-68-22-12-13-23-69(68)72(49-58-18-14-21-63(48-58)60-32-37-66(87)38-33-60)73(51-84)78(70)86(65,81(82)84)74(75)42-46-83(79,85)4/h6,8-9,12-18,21-23,25-26,28-29,32-33,36-38,41,45,48,51,55,59,62,64-65,67,71,76-79,81,87-89H,1,7,10-11,19-20,24,27,30-31,34-35,39-40,42-44,46-47,49-50,52-53H2,2-5H3,(H,90,91)/t55-,62?,64?,65-,67+,71-,76-,77+,78-,79+,81-,82-,83-,84-,85-,86-/m1/s1. The third-order valence-electron chi connectivity index (χ3n) is 27.6. The number of benzene rings is 5. The number of carboxylic acid groups (broad SMARTS) is 1. The number of phenols is 1. The van der Waals surface area contributed by atoms with E-state index in [1.54, 1.807) is 30.4 Å². The van der Waals surface area contributed by atoms with Crippen molar-refractivity contribution >= 4 is 17.1 Å². The molecule has 0 radical (unpaired) electrons. The molecule has 92 heavy (non-hydrogen) atoms. The molecule has 5 aromatic carbocycles. The molecule has 6 nitrogen and oxygen atoms in total. The molecule has 1 spiro atoms. The predicted octanol–water partition coefficient (Wildman–Crippen LogP) is 17.2. The molecule has 4 fully saturated rings. The number of ether oxygens (including phenoxy) is 1. The number of aliphatic carboxylic acids is 1. The smallest absolute Gasteiger partial charge is 0.306 e. The van der Waals surface area contributed by atoms with E-state index in [1.807, 2.05) is 12.1 Å². The van der Waals surface area contributed by atoms with Crippen LogP contribution in [0.2, 0.25) is 0 Å². The number of fused-ring (bicyclic) bond motifs is 3. The number of aryl methyl sites for hydroxylation is 1. The lowest BCUT2D eigenvalue weighted by atomic mass is 9.28. The number of phenolic OH excluding ortho intramolecular Hbond substituents is 1. The second kappa shape index (κ2) is 24.2. The molecule has 2 bridgehead atoms. The number of methoxy groups -OCH3 is 1.